The van der Waals surface area contributed by atoms with Crippen LogP contribution in [0.3, 0.4) is 0 Å². The largest absolute Gasteiger partial charge is 0.451 e. The molecule has 0 spiro atoms. The van der Waals surface area contributed by atoms with Crippen molar-refractivity contribution in [2.75, 3.05) is 0 Å². The van der Waals surface area contributed by atoms with Crippen molar-refractivity contribution >= 4 is 17.4 Å². The Morgan fingerprint density at radius 3 is 2.35 bits per heavy atom. The second-order valence-corrected chi connectivity index (χ2v) is 4.63. The fraction of sp³-hybridized carbons (Fsp3) is 0.0714. The number of rotatable bonds is 3. The van der Waals surface area contributed by atoms with Crippen LogP contribution in [0.4, 0.5) is 8.78 Å². The van der Waals surface area contributed by atoms with Gasteiger partial charge in [0.15, 0.2) is 17.4 Å². The molecule has 0 atom stereocenters. The second-order valence-electron chi connectivity index (χ2n) is 4.19. The van der Waals surface area contributed by atoms with Crippen molar-refractivity contribution in [3.8, 4) is 11.5 Å². The number of amidine groups is 1. The fourth-order valence-corrected chi connectivity index (χ4v) is 1.77. The van der Waals surface area contributed by atoms with Crippen molar-refractivity contribution in [1.82, 2.24) is 0 Å². The molecule has 0 fully saturated rings. The first-order chi connectivity index (χ1) is 9.38. The number of benzene rings is 2. The highest BCUT2D eigenvalue weighted by molar-refractivity contribution is 6.30. The molecule has 0 saturated carbocycles. The first-order valence-corrected chi connectivity index (χ1v) is 6.03. The molecule has 2 rings (SSSR count). The van der Waals surface area contributed by atoms with Crippen LogP contribution in [0.5, 0.6) is 11.5 Å². The molecule has 104 valence electrons. The van der Waals surface area contributed by atoms with Crippen LogP contribution in [0, 0.1) is 24.0 Å². The standard InChI is InChI=1S/C14H11ClF2N2O/c1-7-2-3-9(15)6-12(7)20-13-10(16)4-8(14(18)19)5-11(13)17/h2-6H,1H3,(H3,18,19). The van der Waals surface area contributed by atoms with Crippen LogP contribution < -0.4 is 10.5 Å². The van der Waals surface area contributed by atoms with Gasteiger partial charge in [0.25, 0.3) is 0 Å². The van der Waals surface area contributed by atoms with E-state index < -0.39 is 23.2 Å². The Labute approximate surface area is 119 Å². The molecular formula is C14H11ClF2N2O. The van der Waals surface area contributed by atoms with E-state index >= 15 is 0 Å². The lowest BCUT2D eigenvalue weighted by molar-refractivity contribution is 0.405. The van der Waals surface area contributed by atoms with Gasteiger partial charge in [0, 0.05) is 10.6 Å². The Balaban J connectivity index is 2.44. The van der Waals surface area contributed by atoms with Crippen LogP contribution in [0.2, 0.25) is 5.02 Å². The van der Waals surface area contributed by atoms with Crippen LogP contribution in [0.1, 0.15) is 11.1 Å². The van der Waals surface area contributed by atoms with E-state index in [1.807, 2.05) is 0 Å². The van der Waals surface area contributed by atoms with Crippen LogP contribution >= 0.6 is 11.6 Å². The predicted molar refractivity (Wildman–Crippen MR) is 73.6 cm³/mol. The molecular weight excluding hydrogens is 286 g/mol. The normalized spacial score (nSPS) is 10.4. The van der Waals surface area contributed by atoms with E-state index in [9.17, 15) is 8.78 Å². The molecule has 6 heteroatoms. The minimum Gasteiger partial charge on any atom is -0.451 e. The molecule has 0 aliphatic heterocycles. The third-order valence-corrected chi connectivity index (χ3v) is 2.91. The molecule has 2 aromatic rings. The summed E-state index contributed by atoms with van der Waals surface area (Å²) in [6.07, 6.45) is 0. The molecule has 0 unspecified atom stereocenters. The Morgan fingerprint density at radius 1 is 1.20 bits per heavy atom. The van der Waals surface area contributed by atoms with Crippen molar-refractivity contribution in [1.29, 1.82) is 5.41 Å². The molecule has 0 radical (unpaired) electrons. The number of aryl methyl sites for hydroxylation is 1. The second kappa shape index (κ2) is 5.46. The smallest absolute Gasteiger partial charge is 0.198 e. The Hall–Kier alpha value is -2.14. The zero-order chi connectivity index (χ0) is 14.9. The van der Waals surface area contributed by atoms with Gasteiger partial charge in [-0.15, -0.1) is 0 Å². The summed E-state index contributed by atoms with van der Waals surface area (Å²) in [5, 5.41) is 7.56. The van der Waals surface area contributed by atoms with Crippen LogP contribution in [-0.4, -0.2) is 5.84 Å². The van der Waals surface area contributed by atoms with Gasteiger partial charge >= 0.3 is 0 Å². The first kappa shape index (κ1) is 14.3. The fourth-order valence-electron chi connectivity index (χ4n) is 1.61. The molecule has 0 aliphatic carbocycles. The number of nitrogen functional groups attached to an aromatic ring is 1. The molecule has 3 nitrogen and oxygen atoms in total. The van der Waals surface area contributed by atoms with Crippen LogP contribution in [0.15, 0.2) is 30.3 Å². The maximum absolute atomic E-state index is 13.8. The molecule has 0 heterocycles. The molecule has 0 saturated heterocycles. The van der Waals surface area contributed by atoms with Gasteiger partial charge in [-0.05, 0) is 36.8 Å². The van der Waals surface area contributed by atoms with Crippen molar-refractivity contribution < 1.29 is 13.5 Å². The highest BCUT2D eigenvalue weighted by Gasteiger charge is 2.16. The zero-order valence-electron chi connectivity index (χ0n) is 10.5. The molecule has 0 aliphatic rings. The van der Waals surface area contributed by atoms with Gasteiger partial charge in [-0.25, -0.2) is 8.78 Å². The summed E-state index contributed by atoms with van der Waals surface area (Å²) in [7, 11) is 0. The van der Waals surface area contributed by atoms with Gasteiger partial charge in [-0.1, -0.05) is 17.7 Å². The molecule has 2 aromatic carbocycles. The summed E-state index contributed by atoms with van der Waals surface area (Å²) in [4.78, 5) is 0. The van der Waals surface area contributed by atoms with Crippen molar-refractivity contribution in [2.24, 2.45) is 5.73 Å². The Morgan fingerprint density at radius 2 is 1.80 bits per heavy atom. The van der Waals surface area contributed by atoms with E-state index in [1.54, 1.807) is 19.1 Å². The summed E-state index contributed by atoms with van der Waals surface area (Å²) in [5.41, 5.74) is 5.83. The maximum Gasteiger partial charge on any atom is 0.198 e. The van der Waals surface area contributed by atoms with E-state index in [-0.39, 0.29) is 11.3 Å². The van der Waals surface area contributed by atoms with E-state index in [2.05, 4.69) is 0 Å². The molecule has 0 bridgehead atoms. The number of ether oxygens (including phenoxy) is 1. The number of nitrogens with two attached hydrogens (primary N) is 1. The summed E-state index contributed by atoms with van der Waals surface area (Å²) in [5.74, 6) is -2.59. The summed E-state index contributed by atoms with van der Waals surface area (Å²) < 4.78 is 32.9. The van der Waals surface area contributed by atoms with Crippen LogP contribution in [0.25, 0.3) is 0 Å². The van der Waals surface area contributed by atoms with Crippen molar-refractivity contribution in [2.45, 2.75) is 6.92 Å². The molecule has 3 N–H and O–H groups in total. The topological polar surface area (TPSA) is 59.1 Å². The average molecular weight is 297 g/mol. The maximum atomic E-state index is 13.8. The molecule has 0 amide bonds. The van der Waals surface area contributed by atoms with Gasteiger partial charge in [0.1, 0.15) is 11.6 Å². The average Bonchev–Trinajstić information content (AvgIpc) is 2.37. The highest BCUT2D eigenvalue weighted by atomic mass is 35.5. The van der Waals surface area contributed by atoms with Crippen molar-refractivity contribution in [3.63, 3.8) is 0 Å². The van der Waals surface area contributed by atoms with Crippen LogP contribution in [-0.2, 0) is 0 Å². The van der Waals surface area contributed by atoms with E-state index in [0.717, 1.165) is 12.1 Å². The molecule has 0 aromatic heterocycles. The summed E-state index contributed by atoms with van der Waals surface area (Å²) in [6.45, 7) is 1.73. The van der Waals surface area contributed by atoms with Gasteiger partial charge < -0.3 is 10.5 Å². The number of hydrogen-bond donors (Lipinski definition) is 2. The number of nitrogens with one attached hydrogen (secondary N) is 1. The van der Waals surface area contributed by atoms with E-state index in [4.69, 9.17) is 27.5 Å². The lowest BCUT2D eigenvalue weighted by Crippen LogP contribution is -2.12. The number of hydrogen-bond acceptors (Lipinski definition) is 2. The lowest BCUT2D eigenvalue weighted by atomic mass is 10.2. The lowest BCUT2D eigenvalue weighted by Gasteiger charge is -2.11. The quantitative estimate of drug-likeness (QED) is 0.664. The Bertz CT molecular complexity index is 666. The van der Waals surface area contributed by atoms with E-state index in [0.29, 0.717) is 10.6 Å². The minimum absolute atomic E-state index is 0.0461. The summed E-state index contributed by atoms with van der Waals surface area (Å²) >= 11 is 5.82. The minimum atomic E-state index is -0.936. The zero-order valence-corrected chi connectivity index (χ0v) is 11.3. The molecule has 20 heavy (non-hydrogen) atoms. The number of halogens is 3. The Kier molecular flexibility index (Phi) is 3.90. The monoisotopic (exact) mass is 296 g/mol. The van der Waals surface area contributed by atoms with Gasteiger partial charge in [0.2, 0.25) is 0 Å². The highest BCUT2D eigenvalue weighted by Crippen LogP contribution is 2.32. The SMILES string of the molecule is Cc1ccc(Cl)cc1Oc1c(F)cc(C(=N)N)cc1F. The third kappa shape index (κ3) is 2.88. The predicted octanol–water partition coefficient (Wildman–Crippen LogP) is 4.00. The van der Waals surface area contributed by atoms with Gasteiger partial charge in [-0.2, -0.15) is 0 Å². The first-order valence-electron chi connectivity index (χ1n) is 5.66. The van der Waals surface area contributed by atoms with Crippen molar-refractivity contribution in [3.05, 3.63) is 58.1 Å². The van der Waals surface area contributed by atoms with Gasteiger partial charge in [-0.3, -0.25) is 5.41 Å². The third-order valence-electron chi connectivity index (χ3n) is 2.67. The summed E-state index contributed by atoms with van der Waals surface area (Å²) in [6, 6.07) is 6.68. The van der Waals surface area contributed by atoms with Gasteiger partial charge in [0.05, 0.1) is 0 Å². The van der Waals surface area contributed by atoms with E-state index in [1.165, 1.54) is 6.07 Å².